The Morgan fingerprint density at radius 3 is 2.68 bits per heavy atom. The zero-order chi connectivity index (χ0) is 22.4. The number of carbonyl (C=O) groups excluding carboxylic acids is 2. The van der Waals surface area contributed by atoms with E-state index in [4.69, 9.17) is 16.9 Å². The lowest BCUT2D eigenvalue weighted by atomic mass is 9.99. The number of halogens is 2. The van der Waals surface area contributed by atoms with E-state index in [-0.39, 0.29) is 17.7 Å². The molecule has 2 aromatic carbocycles. The van der Waals surface area contributed by atoms with Gasteiger partial charge in [0.25, 0.3) is 5.91 Å². The van der Waals surface area contributed by atoms with Crippen molar-refractivity contribution in [3.63, 3.8) is 0 Å². The van der Waals surface area contributed by atoms with E-state index in [0.717, 1.165) is 24.8 Å². The molecule has 1 aliphatic rings. The van der Waals surface area contributed by atoms with Gasteiger partial charge in [0.05, 0.1) is 6.07 Å². The Kier molecular flexibility index (Phi) is 7.64. The highest BCUT2D eigenvalue weighted by Gasteiger charge is 2.41. The standard InChI is InChI=1S/C24H25ClFN3O2/c1-16(17-6-8-18(25)9-7-17)15-29-22(23(30)28-13-5-3-2-4-12-27)21-14-19(26)10-11-20(21)24(29)31/h6-11,14,16,22H,2-5,13,15H2,1H3,(H,28,30). The third-order valence-electron chi connectivity index (χ3n) is 5.53. The number of amides is 2. The van der Waals surface area contributed by atoms with Crippen LogP contribution in [-0.2, 0) is 4.79 Å². The molecular formula is C24H25ClFN3O2. The van der Waals surface area contributed by atoms with Crippen molar-refractivity contribution in [2.75, 3.05) is 13.1 Å². The Morgan fingerprint density at radius 1 is 1.23 bits per heavy atom. The van der Waals surface area contributed by atoms with Crippen molar-refractivity contribution in [1.29, 1.82) is 5.26 Å². The van der Waals surface area contributed by atoms with Gasteiger partial charge in [-0.1, -0.05) is 37.1 Å². The highest BCUT2D eigenvalue weighted by atomic mass is 35.5. The quantitative estimate of drug-likeness (QED) is 0.558. The molecule has 3 rings (SSSR count). The summed E-state index contributed by atoms with van der Waals surface area (Å²) < 4.78 is 13.9. The molecule has 0 saturated heterocycles. The fraction of sp³-hybridized carbons (Fsp3) is 0.375. The smallest absolute Gasteiger partial charge is 0.255 e. The minimum atomic E-state index is -0.868. The van der Waals surface area contributed by atoms with Gasteiger partial charge in [0.1, 0.15) is 11.9 Å². The molecule has 1 N–H and O–H groups in total. The van der Waals surface area contributed by atoms with Crippen molar-refractivity contribution < 1.29 is 14.0 Å². The van der Waals surface area contributed by atoms with Gasteiger partial charge in [0.15, 0.2) is 0 Å². The van der Waals surface area contributed by atoms with E-state index in [1.807, 2.05) is 19.1 Å². The van der Waals surface area contributed by atoms with E-state index < -0.39 is 11.9 Å². The number of hydrogen-bond donors (Lipinski definition) is 1. The van der Waals surface area contributed by atoms with Crippen molar-refractivity contribution in [1.82, 2.24) is 10.2 Å². The second-order valence-corrected chi connectivity index (χ2v) is 8.24. The fourth-order valence-corrected chi connectivity index (χ4v) is 4.00. The van der Waals surface area contributed by atoms with Crippen molar-refractivity contribution in [2.45, 2.75) is 44.6 Å². The van der Waals surface area contributed by atoms with Crippen LogP contribution in [0.3, 0.4) is 0 Å². The van der Waals surface area contributed by atoms with Crippen molar-refractivity contribution >= 4 is 23.4 Å². The molecule has 1 aliphatic heterocycles. The third-order valence-corrected chi connectivity index (χ3v) is 5.79. The molecule has 2 aromatic rings. The lowest BCUT2D eigenvalue weighted by Gasteiger charge is -2.27. The Balaban J connectivity index is 1.76. The summed E-state index contributed by atoms with van der Waals surface area (Å²) in [5.41, 5.74) is 1.75. The van der Waals surface area contributed by atoms with E-state index in [0.29, 0.717) is 35.7 Å². The van der Waals surface area contributed by atoms with Gasteiger partial charge in [-0.25, -0.2) is 4.39 Å². The van der Waals surface area contributed by atoms with Crippen molar-refractivity contribution in [3.05, 3.63) is 70.0 Å². The van der Waals surface area contributed by atoms with Crippen LogP contribution in [0.15, 0.2) is 42.5 Å². The highest BCUT2D eigenvalue weighted by Crippen LogP contribution is 2.36. The minimum absolute atomic E-state index is 0.0401. The molecule has 2 amide bonds. The van der Waals surface area contributed by atoms with Crippen LogP contribution in [0.2, 0.25) is 5.02 Å². The van der Waals surface area contributed by atoms with E-state index in [1.165, 1.54) is 23.1 Å². The average molecular weight is 442 g/mol. The van der Waals surface area contributed by atoms with Crippen LogP contribution in [0, 0.1) is 17.1 Å². The number of fused-ring (bicyclic) bond motifs is 1. The van der Waals surface area contributed by atoms with Crippen LogP contribution in [0.5, 0.6) is 0 Å². The minimum Gasteiger partial charge on any atom is -0.354 e. The van der Waals surface area contributed by atoms with E-state index in [9.17, 15) is 14.0 Å². The monoisotopic (exact) mass is 441 g/mol. The molecule has 0 bridgehead atoms. The van der Waals surface area contributed by atoms with Gasteiger partial charge in [0, 0.05) is 30.1 Å². The summed E-state index contributed by atoms with van der Waals surface area (Å²) in [6.45, 7) is 2.74. The number of unbranched alkanes of at least 4 members (excludes halogenated alkanes) is 3. The molecule has 0 aromatic heterocycles. The predicted octanol–water partition coefficient (Wildman–Crippen LogP) is 4.98. The van der Waals surface area contributed by atoms with Gasteiger partial charge in [-0.2, -0.15) is 5.26 Å². The molecule has 1 heterocycles. The molecule has 7 heteroatoms. The molecule has 0 aliphatic carbocycles. The van der Waals surface area contributed by atoms with Gasteiger partial charge in [0.2, 0.25) is 5.91 Å². The first-order valence-electron chi connectivity index (χ1n) is 10.4. The largest absolute Gasteiger partial charge is 0.354 e. The number of nitrogens with zero attached hydrogens (tertiary/aromatic N) is 2. The maximum Gasteiger partial charge on any atom is 0.255 e. The van der Waals surface area contributed by atoms with Crippen LogP contribution >= 0.6 is 11.6 Å². The van der Waals surface area contributed by atoms with Crippen molar-refractivity contribution in [2.24, 2.45) is 0 Å². The molecule has 0 fully saturated rings. The number of rotatable bonds is 9. The molecule has 162 valence electrons. The molecule has 0 saturated carbocycles. The lowest BCUT2D eigenvalue weighted by Crippen LogP contribution is -2.41. The Bertz CT molecular complexity index is 987. The number of nitrogens with one attached hydrogen (secondary N) is 1. The fourth-order valence-electron chi connectivity index (χ4n) is 3.87. The van der Waals surface area contributed by atoms with Gasteiger partial charge in [-0.15, -0.1) is 0 Å². The first-order chi connectivity index (χ1) is 14.9. The average Bonchev–Trinajstić information content (AvgIpc) is 3.01. The van der Waals surface area contributed by atoms with Crippen LogP contribution in [-0.4, -0.2) is 29.8 Å². The zero-order valence-corrected chi connectivity index (χ0v) is 18.2. The molecule has 2 atom stereocenters. The summed E-state index contributed by atoms with van der Waals surface area (Å²) in [6, 6.07) is 12.6. The van der Waals surface area contributed by atoms with Crippen LogP contribution in [0.4, 0.5) is 4.39 Å². The lowest BCUT2D eigenvalue weighted by molar-refractivity contribution is -0.125. The van der Waals surface area contributed by atoms with Gasteiger partial charge < -0.3 is 10.2 Å². The van der Waals surface area contributed by atoms with Crippen LogP contribution < -0.4 is 5.32 Å². The van der Waals surface area contributed by atoms with Crippen LogP contribution in [0.1, 0.15) is 66.1 Å². The molecular weight excluding hydrogens is 417 g/mol. The summed E-state index contributed by atoms with van der Waals surface area (Å²) in [7, 11) is 0. The van der Waals surface area contributed by atoms with E-state index in [1.54, 1.807) is 12.1 Å². The second-order valence-electron chi connectivity index (χ2n) is 7.80. The highest BCUT2D eigenvalue weighted by molar-refractivity contribution is 6.30. The van der Waals surface area contributed by atoms with E-state index in [2.05, 4.69) is 11.4 Å². The summed E-state index contributed by atoms with van der Waals surface area (Å²) in [6.07, 6.45) is 2.85. The Labute approximate surface area is 186 Å². The normalized spacial score (nSPS) is 16.0. The number of hydrogen-bond acceptors (Lipinski definition) is 3. The summed E-state index contributed by atoms with van der Waals surface area (Å²) in [5.74, 6) is -1.11. The SMILES string of the molecule is CC(CN1C(=O)c2ccc(F)cc2C1C(=O)NCCCCCC#N)c1ccc(Cl)cc1. The van der Waals surface area contributed by atoms with Gasteiger partial charge >= 0.3 is 0 Å². The molecule has 2 unspecified atom stereocenters. The molecule has 0 radical (unpaired) electrons. The molecule has 31 heavy (non-hydrogen) atoms. The number of carbonyl (C=O) groups is 2. The molecule has 5 nitrogen and oxygen atoms in total. The topological polar surface area (TPSA) is 73.2 Å². The van der Waals surface area contributed by atoms with Crippen molar-refractivity contribution in [3.8, 4) is 6.07 Å². The number of nitriles is 1. The summed E-state index contributed by atoms with van der Waals surface area (Å²) >= 11 is 5.97. The van der Waals surface area contributed by atoms with E-state index >= 15 is 0 Å². The van der Waals surface area contributed by atoms with Crippen LogP contribution in [0.25, 0.3) is 0 Å². The summed E-state index contributed by atoms with van der Waals surface area (Å²) in [5, 5.41) is 12.1. The first kappa shape index (κ1) is 22.8. The third kappa shape index (κ3) is 5.42. The maximum atomic E-state index is 13.9. The predicted molar refractivity (Wildman–Crippen MR) is 117 cm³/mol. The first-order valence-corrected chi connectivity index (χ1v) is 10.8. The number of benzene rings is 2. The van der Waals surface area contributed by atoms with Gasteiger partial charge in [-0.05, 0) is 60.2 Å². The Hall–Kier alpha value is -2.91. The maximum absolute atomic E-state index is 13.9. The summed E-state index contributed by atoms with van der Waals surface area (Å²) in [4.78, 5) is 27.6. The van der Waals surface area contributed by atoms with Gasteiger partial charge in [-0.3, -0.25) is 9.59 Å². The molecule has 0 spiro atoms. The zero-order valence-electron chi connectivity index (χ0n) is 17.4. The second kappa shape index (κ2) is 10.4. The Morgan fingerprint density at radius 2 is 1.97 bits per heavy atom.